The Hall–Kier alpha value is -1.58. The largest absolute Gasteiger partial charge is 0.491 e. The smallest absolute Gasteiger partial charge is 0.241 e. The number of primary sulfonamides is 1. The molecule has 2 N–H and O–H groups in total. The van der Waals surface area contributed by atoms with Gasteiger partial charge in [-0.2, -0.15) is 0 Å². The first-order valence-electron chi connectivity index (χ1n) is 4.80. The Labute approximate surface area is 99.6 Å². The van der Waals surface area contributed by atoms with Gasteiger partial charge in [-0.15, -0.1) is 11.8 Å². The Kier molecular flexibility index (Phi) is 4.49. The molecule has 6 heteroatoms. The molecule has 0 aliphatic rings. The minimum Gasteiger partial charge on any atom is -0.491 e. The molecule has 0 aromatic heterocycles. The zero-order chi connectivity index (χ0) is 12.9. The molecule has 0 bridgehead atoms. The van der Waals surface area contributed by atoms with Crippen molar-refractivity contribution < 1.29 is 17.5 Å². The summed E-state index contributed by atoms with van der Waals surface area (Å²) in [5, 5.41) is 4.95. The van der Waals surface area contributed by atoms with Crippen molar-refractivity contribution in [2.24, 2.45) is 5.14 Å². The number of sulfonamides is 1. The van der Waals surface area contributed by atoms with Crippen molar-refractivity contribution in [1.29, 1.82) is 0 Å². The van der Waals surface area contributed by atoms with E-state index in [0.29, 0.717) is 6.42 Å². The zero-order valence-electron chi connectivity index (χ0n) is 9.23. The molecule has 1 aromatic carbocycles. The fourth-order valence-corrected chi connectivity index (χ4v) is 1.84. The van der Waals surface area contributed by atoms with E-state index < -0.39 is 15.8 Å². The van der Waals surface area contributed by atoms with Crippen LogP contribution in [0.25, 0.3) is 0 Å². The van der Waals surface area contributed by atoms with E-state index in [1.807, 2.05) is 0 Å². The van der Waals surface area contributed by atoms with Crippen LogP contribution in [-0.2, 0) is 10.0 Å². The summed E-state index contributed by atoms with van der Waals surface area (Å²) in [5.41, 5.74) is 0. The summed E-state index contributed by atoms with van der Waals surface area (Å²) in [4.78, 5) is -0.359. The summed E-state index contributed by atoms with van der Waals surface area (Å²) in [6.45, 7) is 1.91. The van der Waals surface area contributed by atoms with E-state index in [2.05, 4.69) is 11.8 Å². The van der Waals surface area contributed by atoms with Gasteiger partial charge in [-0.25, -0.2) is 17.9 Å². The van der Waals surface area contributed by atoms with Crippen LogP contribution in [0.1, 0.15) is 13.3 Å². The number of ether oxygens (including phenoxy) is 1. The molecule has 0 saturated heterocycles. The van der Waals surface area contributed by atoms with Gasteiger partial charge in [0.05, 0.1) is 6.61 Å². The quantitative estimate of drug-likeness (QED) is 0.652. The van der Waals surface area contributed by atoms with Gasteiger partial charge in [0.2, 0.25) is 10.0 Å². The van der Waals surface area contributed by atoms with E-state index in [4.69, 9.17) is 9.88 Å². The van der Waals surface area contributed by atoms with Crippen LogP contribution >= 0.6 is 0 Å². The summed E-state index contributed by atoms with van der Waals surface area (Å²) < 4.78 is 40.5. The second-order valence-electron chi connectivity index (χ2n) is 3.16. The van der Waals surface area contributed by atoms with Crippen LogP contribution in [0.15, 0.2) is 23.1 Å². The molecule has 0 radical (unpaired) electrons. The van der Waals surface area contributed by atoms with E-state index >= 15 is 0 Å². The predicted octanol–water partition coefficient (Wildman–Crippen LogP) is 1.27. The molecule has 0 aliphatic heterocycles. The van der Waals surface area contributed by atoms with Gasteiger partial charge in [-0.3, -0.25) is 0 Å². The zero-order valence-corrected chi connectivity index (χ0v) is 10.1. The average molecular weight is 257 g/mol. The van der Waals surface area contributed by atoms with Crippen LogP contribution in [0.4, 0.5) is 4.39 Å². The van der Waals surface area contributed by atoms with Gasteiger partial charge in [0.15, 0.2) is 0 Å². The Morgan fingerprint density at radius 2 is 2.18 bits per heavy atom. The summed E-state index contributed by atoms with van der Waals surface area (Å²) >= 11 is 0. The first-order chi connectivity index (χ1) is 7.95. The molecule has 92 valence electrons. The monoisotopic (exact) mass is 257 g/mol. The van der Waals surface area contributed by atoms with Crippen molar-refractivity contribution in [2.75, 3.05) is 6.61 Å². The highest BCUT2D eigenvalue weighted by atomic mass is 32.2. The molecular weight excluding hydrogens is 245 g/mol. The molecule has 4 nitrogen and oxygen atoms in total. The molecular formula is C11H12FNO3S. The van der Waals surface area contributed by atoms with Crippen LogP contribution in [0.2, 0.25) is 0 Å². The van der Waals surface area contributed by atoms with Crippen molar-refractivity contribution in [3.63, 3.8) is 0 Å². The van der Waals surface area contributed by atoms with Crippen LogP contribution in [0.5, 0.6) is 5.75 Å². The van der Waals surface area contributed by atoms with Crippen molar-refractivity contribution >= 4 is 10.0 Å². The molecule has 17 heavy (non-hydrogen) atoms. The highest BCUT2D eigenvalue weighted by Gasteiger charge is 2.16. The van der Waals surface area contributed by atoms with Crippen molar-refractivity contribution in [2.45, 2.75) is 18.2 Å². The molecule has 1 aromatic rings. The lowest BCUT2D eigenvalue weighted by Crippen LogP contribution is -2.14. The van der Waals surface area contributed by atoms with Gasteiger partial charge in [-0.05, 0) is 25.1 Å². The standard InChI is InChI=1S/C11H12FNO3S/c1-2-3-4-7-16-10-6-5-9(12)8-11(10)17(13,14)15/h5-6,8H,4,7H2,1H3,(H2,13,14,15). The number of rotatable bonds is 4. The third kappa shape index (κ3) is 4.06. The number of nitrogens with two attached hydrogens (primary N) is 1. The second-order valence-corrected chi connectivity index (χ2v) is 4.69. The minimum atomic E-state index is -4.00. The maximum Gasteiger partial charge on any atom is 0.241 e. The lowest BCUT2D eigenvalue weighted by molar-refractivity contribution is 0.318. The topological polar surface area (TPSA) is 69.4 Å². The summed E-state index contributed by atoms with van der Waals surface area (Å²) in [6.07, 6.45) is 0.456. The van der Waals surface area contributed by atoms with Crippen LogP contribution in [0, 0.1) is 17.7 Å². The first-order valence-corrected chi connectivity index (χ1v) is 6.34. The van der Waals surface area contributed by atoms with Crippen molar-refractivity contribution in [1.82, 2.24) is 0 Å². The average Bonchev–Trinajstić information content (AvgIpc) is 2.25. The van der Waals surface area contributed by atoms with Crippen LogP contribution in [-0.4, -0.2) is 15.0 Å². The third-order valence-corrected chi connectivity index (χ3v) is 2.81. The van der Waals surface area contributed by atoms with Gasteiger partial charge in [0, 0.05) is 6.42 Å². The molecule has 0 amide bonds. The van der Waals surface area contributed by atoms with E-state index in [-0.39, 0.29) is 17.3 Å². The molecule has 0 saturated carbocycles. The highest BCUT2D eigenvalue weighted by Crippen LogP contribution is 2.23. The summed E-state index contributed by atoms with van der Waals surface area (Å²) in [5.74, 6) is 4.78. The van der Waals surface area contributed by atoms with Crippen molar-refractivity contribution in [3.05, 3.63) is 24.0 Å². The summed E-state index contributed by atoms with van der Waals surface area (Å²) in [6, 6.07) is 3.17. The predicted molar refractivity (Wildman–Crippen MR) is 61.3 cm³/mol. The van der Waals surface area contributed by atoms with Gasteiger partial charge in [0.25, 0.3) is 0 Å². The number of benzene rings is 1. The van der Waals surface area contributed by atoms with Gasteiger partial charge >= 0.3 is 0 Å². The van der Waals surface area contributed by atoms with Gasteiger partial charge in [0.1, 0.15) is 16.5 Å². The SMILES string of the molecule is CC#CCCOc1ccc(F)cc1S(N)(=O)=O. The molecule has 0 aliphatic carbocycles. The lowest BCUT2D eigenvalue weighted by atomic mass is 10.3. The Morgan fingerprint density at radius 3 is 2.76 bits per heavy atom. The van der Waals surface area contributed by atoms with E-state index in [1.165, 1.54) is 6.07 Å². The fraction of sp³-hybridized carbons (Fsp3) is 0.273. The van der Waals surface area contributed by atoms with E-state index in [9.17, 15) is 12.8 Å². The highest BCUT2D eigenvalue weighted by molar-refractivity contribution is 7.89. The maximum absolute atomic E-state index is 12.9. The van der Waals surface area contributed by atoms with Gasteiger partial charge in [-0.1, -0.05) is 0 Å². The van der Waals surface area contributed by atoms with Crippen LogP contribution in [0.3, 0.4) is 0 Å². The van der Waals surface area contributed by atoms with Crippen molar-refractivity contribution in [3.8, 4) is 17.6 Å². The number of hydrogen-bond acceptors (Lipinski definition) is 3. The second kappa shape index (κ2) is 5.66. The Balaban J connectivity index is 2.94. The molecule has 1 rings (SSSR count). The molecule has 0 atom stereocenters. The fourth-order valence-electron chi connectivity index (χ4n) is 1.16. The van der Waals surface area contributed by atoms with E-state index in [1.54, 1.807) is 6.92 Å². The normalized spacial score (nSPS) is 10.5. The number of halogens is 1. The molecule has 0 fully saturated rings. The lowest BCUT2D eigenvalue weighted by Gasteiger charge is -2.08. The summed E-state index contributed by atoms with van der Waals surface area (Å²) in [7, 11) is -4.00. The third-order valence-electron chi connectivity index (χ3n) is 1.87. The molecule has 0 unspecified atom stereocenters. The molecule has 0 spiro atoms. The Bertz CT molecular complexity index is 558. The maximum atomic E-state index is 12.9. The molecule has 0 heterocycles. The minimum absolute atomic E-state index is 0.0341. The Morgan fingerprint density at radius 1 is 1.47 bits per heavy atom. The van der Waals surface area contributed by atoms with Gasteiger partial charge < -0.3 is 4.74 Å². The first kappa shape index (κ1) is 13.5. The van der Waals surface area contributed by atoms with E-state index in [0.717, 1.165) is 12.1 Å². The van der Waals surface area contributed by atoms with Crippen LogP contribution < -0.4 is 9.88 Å². The number of hydrogen-bond donors (Lipinski definition) is 1.